The number of fused-ring (bicyclic) bond motifs is 2. The molecular formula is C44H38N2. The van der Waals surface area contributed by atoms with Crippen LogP contribution in [0.3, 0.4) is 0 Å². The summed E-state index contributed by atoms with van der Waals surface area (Å²) >= 11 is 0. The fraction of sp³-hybridized carbons (Fsp3) is 0.182. The van der Waals surface area contributed by atoms with Crippen LogP contribution in [-0.2, 0) is 6.42 Å². The normalized spacial score (nSPS) is 21.3. The number of nitrogens with zero attached hydrogens (tertiary/aromatic N) is 2. The first kappa shape index (κ1) is 28.2. The third-order valence-electron chi connectivity index (χ3n) is 9.74. The van der Waals surface area contributed by atoms with Crippen LogP contribution < -0.4 is 4.90 Å². The lowest BCUT2D eigenvalue weighted by Gasteiger charge is -2.38. The van der Waals surface area contributed by atoms with Gasteiger partial charge in [0.1, 0.15) is 0 Å². The van der Waals surface area contributed by atoms with Crippen molar-refractivity contribution in [3.05, 3.63) is 186 Å². The number of anilines is 2. The molecule has 46 heavy (non-hydrogen) atoms. The number of benzene rings is 3. The Morgan fingerprint density at radius 3 is 2.22 bits per heavy atom. The molecular weight excluding hydrogens is 556 g/mol. The van der Waals surface area contributed by atoms with E-state index >= 15 is 0 Å². The van der Waals surface area contributed by atoms with Gasteiger partial charge in [-0.2, -0.15) is 0 Å². The summed E-state index contributed by atoms with van der Waals surface area (Å²) in [6.07, 6.45) is 32.7. The van der Waals surface area contributed by atoms with Crippen LogP contribution in [0.5, 0.6) is 0 Å². The van der Waals surface area contributed by atoms with Crippen LogP contribution in [0.25, 0.3) is 16.8 Å². The van der Waals surface area contributed by atoms with Gasteiger partial charge in [0.05, 0.1) is 12.1 Å². The molecule has 0 amide bonds. The number of aryl methyl sites for hydroxylation is 1. The van der Waals surface area contributed by atoms with Crippen LogP contribution in [0, 0.1) is 12.1 Å². The molecule has 8 rings (SSSR count). The maximum Gasteiger partial charge on any atom is 0.0559 e. The summed E-state index contributed by atoms with van der Waals surface area (Å²) in [6.45, 7) is 0. The molecule has 4 aromatic carbocycles. The molecule has 3 atom stereocenters. The summed E-state index contributed by atoms with van der Waals surface area (Å²) < 4.78 is 0. The molecule has 0 spiro atoms. The van der Waals surface area contributed by atoms with E-state index in [1.54, 1.807) is 0 Å². The van der Waals surface area contributed by atoms with Crippen molar-refractivity contribution >= 4 is 28.2 Å². The fourth-order valence-corrected chi connectivity index (χ4v) is 7.34. The van der Waals surface area contributed by atoms with E-state index < -0.39 is 0 Å². The number of hydrogen-bond acceptors (Lipinski definition) is 2. The van der Waals surface area contributed by atoms with Gasteiger partial charge < -0.3 is 9.80 Å². The monoisotopic (exact) mass is 594 g/mol. The largest absolute Gasteiger partial charge is 0.338 e. The predicted molar refractivity (Wildman–Crippen MR) is 193 cm³/mol. The molecule has 0 aliphatic heterocycles. The second-order valence-corrected chi connectivity index (χ2v) is 12.6. The van der Waals surface area contributed by atoms with Gasteiger partial charge in [-0.05, 0) is 103 Å². The molecule has 2 heteroatoms. The van der Waals surface area contributed by atoms with Crippen molar-refractivity contribution in [1.82, 2.24) is 4.90 Å². The Labute approximate surface area is 273 Å². The standard InChI is InChI=1S/C44H38N2/c1-3-15-39(16-4-1)45(43-29-23-33-11-7-9-13-37(33)31-43)41-25-19-35(20-26-41)36-21-27-42(28-22-36)46(40-17-5-2-6-18-40)44-30-24-34-12-8-10-14-38(34)32-44/h1-9,11-13,15,17,19,21-22,24-28,30-32,35,39-40H,16,18,20,23,29H2. The lowest BCUT2D eigenvalue weighted by atomic mass is 9.89. The summed E-state index contributed by atoms with van der Waals surface area (Å²) in [5.74, 6) is 0.360. The molecule has 0 radical (unpaired) electrons. The number of hydrogen-bond donors (Lipinski definition) is 0. The highest BCUT2D eigenvalue weighted by molar-refractivity contribution is 5.86. The Kier molecular flexibility index (Phi) is 7.75. The maximum absolute atomic E-state index is 3.30. The zero-order chi connectivity index (χ0) is 30.7. The summed E-state index contributed by atoms with van der Waals surface area (Å²) in [5.41, 5.74) is 9.28. The Morgan fingerprint density at radius 2 is 1.46 bits per heavy atom. The van der Waals surface area contributed by atoms with Crippen LogP contribution in [0.15, 0.2) is 157 Å². The minimum atomic E-state index is 0.261. The van der Waals surface area contributed by atoms with Crippen molar-refractivity contribution in [1.29, 1.82) is 0 Å². The molecule has 0 aromatic heterocycles. The first-order valence-electron chi connectivity index (χ1n) is 16.6. The van der Waals surface area contributed by atoms with Crippen molar-refractivity contribution in [3.8, 4) is 0 Å². The van der Waals surface area contributed by atoms with E-state index in [1.807, 2.05) is 6.07 Å². The summed E-state index contributed by atoms with van der Waals surface area (Å²) in [5, 5.41) is 2.28. The minimum absolute atomic E-state index is 0.261. The van der Waals surface area contributed by atoms with Crippen LogP contribution in [0.2, 0.25) is 0 Å². The highest BCUT2D eigenvalue weighted by Gasteiger charge is 2.26. The van der Waals surface area contributed by atoms with Gasteiger partial charge in [0.25, 0.3) is 0 Å². The maximum atomic E-state index is 3.30. The summed E-state index contributed by atoms with van der Waals surface area (Å²) in [7, 11) is 0. The topological polar surface area (TPSA) is 6.48 Å². The third-order valence-corrected chi connectivity index (χ3v) is 9.74. The van der Waals surface area contributed by atoms with Crippen LogP contribution in [0.1, 0.15) is 48.3 Å². The van der Waals surface area contributed by atoms with E-state index in [0.717, 1.165) is 37.5 Å². The molecule has 4 aliphatic carbocycles. The third kappa shape index (κ3) is 5.66. The summed E-state index contributed by atoms with van der Waals surface area (Å²) in [4.78, 5) is 5.05. The van der Waals surface area contributed by atoms with Gasteiger partial charge in [-0.3, -0.25) is 0 Å². The van der Waals surface area contributed by atoms with Crippen molar-refractivity contribution in [2.75, 3.05) is 4.90 Å². The van der Waals surface area contributed by atoms with Crippen LogP contribution >= 0.6 is 0 Å². The SMILES string of the molecule is c1ccc2ccc(N(c3ccc(C4C=CC(N(C5=Cc6ccccc6CC5)C5C=CC=CC5)=CC4)cc3)C3C=CC=CC3)cc2c#1. The van der Waals surface area contributed by atoms with E-state index in [2.05, 4.69) is 168 Å². The quantitative estimate of drug-likeness (QED) is 0.210. The number of allylic oxidation sites excluding steroid dienone is 8. The second-order valence-electron chi connectivity index (χ2n) is 12.6. The van der Waals surface area contributed by atoms with E-state index in [4.69, 9.17) is 0 Å². The Hall–Kier alpha value is -5.26. The molecule has 0 fully saturated rings. The van der Waals surface area contributed by atoms with Gasteiger partial charge in [0.15, 0.2) is 0 Å². The molecule has 0 N–H and O–H groups in total. The van der Waals surface area contributed by atoms with Gasteiger partial charge >= 0.3 is 0 Å². The molecule has 224 valence electrons. The second kappa shape index (κ2) is 12.6. The van der Waals surface area contributed by atoms with Gasteiger partial charge in [-0.1, -0.05) is 115 Å². The van der Waals surface area contributed by atoms with E-state index in [9.17, 15) is 0 Å². The number of rotatable bonds is 7. The van der Waals surface area contributed by atoms with Gasteiger partial charge in [-0.15, -0.1) is 0 Å². The first-order valence-corrected chi connectivity index (χ1v) is 16.6. The Morgan fingerprint density at radius 1 is 0.674 bits per heavy atom. The van der Waals surface area contributed by atoms with Gasteiger partial charge in [0, 0.05) is 34.1 Å². The van der Waals surface area contributed by atoms with E-state index in [0.29, 0.717) is 12.0 Å². The smallest absolute Gasteiger partial charge is 0.0559 e. The van der Waals surface area contributed by atoms with Gasteiger partial charge in [-0.25, -0.2) is 0 Å². The first-order chi connectivity index (χ1) is 22.8. The average Bonchev–Trinajstić information content (AvgIpc) is 3.13. The van der Waals surface area contributed by atoms with E-state index in [1.165, 1.54) is 44.8 Å². The predicted octanol–water partition coefficient (Wildman–Crippen LogP) is 10.6. The van der Waals surface area contributed by atoms with Crippen LogP contribution in [0.4, 0.5) is 11.4 Å². The van der Waals surface area contributed by atoms with Crippen LogP contribution in [-0.4, -0.2) is 17.0 Å². The average molecular weight is 595 g/mol. The summed E-state index contributed by atoms with van der Waals surface area (Å²) in [6, 6.07) is 35.8. The lowest BCUT2D eigenvalue weighted by molar-refractivity contribution is 0.357. The van der Waals surface area contributed by atoms with Crippen molar-refractivity contribution in [2.45, 2.75) is 50.1 Å². The molecule has 3 unspecified atom stereocenters. The molecule has 0 saturated carbocycles. The zero-order valence-electron chi connectivity index (χ0n) is 26.1. The minimum Gasteiger partial charge on any atom is -0.338 e. The Bertz CT molecular complexity index is 1950. The molecule has 0 bridgehead atoms. The molecule has 4 aliphatic rings. The highest BCUT2D eigenvalue weighted by Crippen LogP contribution is 2.38. The van der Waals surface area contributed by atoms with E-state index in [-0.39, 0.29) is 6.04 Å². The highest BCUT2D eigenvalue weighted by atomic mass is 15.2. The fourth-order valence-electron chi connectivity index (χ4n) is 7.34. The Balaban J connectivity index is 1.05. The molecule has 0 saturated heterocycles. The van der Waals surface area contributed by atoms with Crippen molar-refractivity contribution < 1.29 is 0 Å². The molecule has 4 aromatic rings. The van der Waals surface area contributed by atoms with Gasteiger partial charge in [0.2, 0.25) is 0 Å². The van der Waals surface area contributed by atoms with Crippen molar-refractivity contribution in [2.24, 2.45) is 0 Å². The molecule has 0 heterocycles. The lowest BCUT2D eigenvalue weighted by Crippen LogP contribution is -2.34. The molecule has 2 nitrogen and oxygen atoms in total. The zero-order valence-corrected chi connectivity index (χ0v) is 26.1. The van der Waals surface area contributed by atoms with Crippen molar-refractivity contribution in [3.63, 3.8) is 0 Å².